The standard InChI is InChI=1S/C12H11Br2P/c1-8-9(2)12(14)15(11(8)13)10-6-4-3-5-7-10/h3-7H,1-2H3. The molecule has 0 nitrogen and oxygen atoms in total. The molecule has 0 atom stereocenters. The van der Waals surface area contributed by atoms with Gasteiger partial charge in [-0.2, -0.15) is 0 Å². The molecule has 0 aliphatic rings. The van der Waals surface area contributed by atoms with Gasteiger partial charge in [0.05, 0.1) is 0 Å². The van der Waals surface area contributed by atoms with Gasteiger partial charge in [0.1, 0.15) is 0 Å². The third kappa shape index (κ3) is 1.95. The minimum atomic E-state index is -0.349. The van der Waals surface area contributed by atoms with Gasteiger partial charge in [-0.15, -0.1) is 0 Å². The first-order valence-corrected chi connectivity index (χ1v) is 7.64. The lowest BCUT2D eigenvalue weighted by molar-refractivity contribution is 1.38. The van der Waals surface area contributed by atoms with Gasteiger partial charge >= 0.3 is 0 Å². The van der Waals surface area contributed by atoms with E-state index < -0.39 is 0 Å². The predicted molar refractivity (Wildman–Crippen MR) is 75.4 cm³/mol. The van der Waals surface area contributed by atoms with Crippen LogP contribution in [-0.4, -0.2) is 0 Å². The van der Waals surface area contributed by atoms with E-state index in [0.717, 1.165) is 0 Å². The molecule has 2 rings (SSSR count). The number of hydrogen-bond acceptors (Lipinski definition) is 0. The first-order valence-electron chi connectivity index (χ1n) is 4.71. The number of benzene rings is 1. The second-order valence-electron chi connectivity index (χ2n) is 3.50. The molecule has 15 heavy (non-hydrogen) atoms. The van der Waals surface area contributed by atoms with E-state index in [0.29, 0.717) is 0 Å². The highest BCUT2D eigenvalue weighted by atomic mass is 79.9. The third-order valence-electron chi connectivity index (χ3n) is 2.59. The second-order valence-corrected chi connectivity index (χ2v) is 8.40. The Balaban J connectivity index is 2.69. The summed E-state index contributed by atoms with van der Waals surface area (Å²) in [5.74, 6) is 0. The van der Waals surface area contributed by atoms with Crippen molar-refractivity contribution in [3.8, 4) is 5.30 Å². The molecule has 1 aromatic heterocycles. The van der Waals surface area contributed by atoms with Crippen LogP contribution in [0.2, 0.25) is 0 Å². The van der Waals surface area contributed by atoms with Crippen molar-refractivity contribution in [2.45, 2.75) is 13.8 Å². The molecule has 2 aromatic rings. The summed E-state index contributed by atoms with van der Waals surface area (Å²) in [7, 11) is -0.349. The van der Waals surface area contributed by atoms with Gasteiger partial charge < -0.3 is 0 Å². The lowest BCUT2D eigenvalue weighted by Gasteiger charge is -2.02. The molecule has 78 valence electrons. The van der Waals surface area contributed by atoms with Gasteiger partial charge in [0, 0.05) is 8.41 Å². The van der Waals surface area contributed by atoms with E-state index in [1.165, 1.54) is 24.8 Å². The van der Waals surface area contributed by atoms with Crippen LogP contribution in [0.15, 0.2) is 38.7 Å². The van der Waals surface area contributed by atoms with Crippen LogP contribution in [-0.2, 0) is 0 Å². The fourth-order valence-electron chi connectivity index (χ4n) is 1.53. The van der Waals surface area contributed by atoms with E-state index in [1.807, 2.05) is 0 Å². The monoisotopic (exact) mass is 344 g/mol. The Morgan fingerprint density at radius 2 is 1.33 bits per heavy atom. The fraction of sp³-hybridized carbons (Fsp3) is 0.167. The Bertz CT molecular complexity index is 461. The van der Waals surface area contributed by atoms with Gasteiger partial charge in [-0.25, -0.2) is 0 Å². The number of rotatable bonds is 1. The maximum Gasteiger partial charge on any atom is 0.0455 e. The van der Waals surface area contributed by atoms with Gasteiger partial charge in [-0.05, 0) is 62.1 Å². The van der Waals surface area contributed by atoms with Crippen LogP contribution in [0.1, 0.15) is 11.1 Å². The molecule has 0 fully saturated rings. The van der Waals surface area contributed by atoms with Crippen molar-refractivity contribution in [3.05, 3.63) is 49.9 Å². The summed E-state index contributed by atoms with van der Waals surface area (Å²) >= 11 is 7.45. The Morgan fingerprint density at radius 1 is 0.867 bits per heavy atom. The lowest BCUT2D eigenvalue weighted by atomic mass is 10.2. The topological polar surface area (TPSA) is 0 Å². The summed E-state index contributed by atoms with van der Waals surface area (Å²) in [4.78, 5) is 0. The first-order chi connectivity index (χ1) is 7.13. The number of hydrogen-bond donors (Lipinski definition) is 0. The van der Waals surface area contributed by atoms with Gasteiger partial charge in [-0.3, -0.25) is 0 Å². The molecule has 0 aliphatic heterocycles. The van der Waals surface area contributed by atoms with Crippen molar-refractivity contribution in [1.29, 1.82) is 0 Å². The van der Waals surface area contributed by atoms with Crippen LogP contribution in [0.25, 0.3) is 5.30 Å². The van der Waals surface area contributed by atoms with Gasteiger partial charge in [0.15, 0.2) is 0 Å². The van der Waals surface area contributed by atoms with Crippen molar-refractivity contribution < 1.29 is 0 Å². The van der Waals surface area contributed by atoms with Crippen LogP contribution >= 0.6 is 39.4 Å². The van der Waals surface area contributed by atoms with E-state index in [-0.39, 0.29) is 7.53 Å². The minimum Gasteiger partial charge on any atom is -0.0634 e. The molecule has 0 saturated carbocycles. The van der Waals surface area contributed by atoms with Crippen molar-refractivity contribution in [2.75, 3.05) is 0 Å². The molecule has 1 heterocycles. The normalized spacial score (nSPS) is 10.7. The zero-order chi connectivity index (χ0) is 11.0. The van der Waals surface area contributed by atoms with Crippen molar-refractivity contribution in [3.63, 3.8) is 0 Å². The van der Waals surface area contributed by atoms with E-state index >= 15 is 0 Å². The van der Waals surface area contributed by atoms with E-state index in [4.69, 9.17) is 0 Å². The molecule has 0 radical (unpaired) electrons. The molecule has 0 aliphatic carbocycles. The summed E-state index contributed by atoms with van der Waals surface area (Å²) in [6, 6.07) is 10.6. The molecular formula is C12H11Br2P. The van der Waals surface area contributed by atoms with Crippen LogP contribution in [0.4, 0.5) is 0 Å². The molecule has 3 heteroatoms. The Morgan fingerprint density at radius 3 is 1.80 bits per heavy atom. The Kier molecular flexibility index (Phi) is 3.39. The molecule has 0 amide bonds. The van der Waals surface area contributed by atoms with Crippen molar-refractivity contribution in [2.24, 2.45) is 0 Å². The Hall–Kier alpha value is -0.0400. The van der Waals surface area contributed by atoms with Crippen LogP contribution in [0, 0.1) is 13.8 Å². The van der Waals surface area contributed by atoms with Crippen LogP contribution in [0.5, 0.6) is 0 Å². The maximum absolute atomic E-state index is 3.72. The van der Waals surface area contributed by atoms with E-state index in [1.54, 1.807) is 0 Å². The fourth-order valence-corrected chi connectivity index (χ4v) is 7.24. The van der Waals surface area contributed by atoms with Crippen molar-refractivity contribution >= 4 is 39.4 Å². The zero-order valence-corrected chi connectivity index (χ0v) is 12.7. The average Bonchev–Trinajstić information content (AvgIpc) is 2.45. The molecular weight excluding hydrogens is 335 g/mol. The highest BCUT2D eigenvalue weighted by molar-refractivity contribution is 9.12. The highest BCUT2D eigenvalue weighted by Crippen LogP contribution is 2.57. The Labute approximate surface area is 108 Å². The maximum atomic E-state index is 3.72. The van der Waals surface area contributed by atoms with Crippen LogP contribution in [0.3, 0.4) is 0 Å². The molecule has 0 unspecified atom stereocenters. The van der Waals surface area contributed by atoms with E-state index in [2.05, 4.69) is 76.0 Å². The van der Waals surface area contributed by atoms with E-state index in [9.17, 15) is 0 Å². The average molecular weight is 346 g/mol. The zero-order valence-electron chi connectivity index (χ0n) is 8.59. The summed E-state index contributed by atoms with van der Waals surface area (Å²) in [6.45, 7) is 4.35. The first kappa shape index (κ1) is 11.4. The predicted octanol–water partition coefficient (Wildman–Crippen LogP) is 5.80. The van der Waals surface area contributed by atoms with Gasteiger partial charge in [0.25, 0.3) is 0 Å². The third-order valence-corrected chi connectivity index (χ3v) is 8.18. The minimum absolute atomic E-state index is 0.349. The molecule has 0 spiro atoms. The highest BCUT2D eigenvalue weighted by Gasteiger charge is 2.15. The second kappa shape index (κ2) is 4.45. The number of halogens is 2. The smallest absolute Gasteiger partial charge is 0.0455 e. The molecule has 0 bridgehead atoms. The largest absolute Gasteiger partial charge is 0.0634 e. The quantitative estimate of drug-likeness (QED) is 0.612. The van der Waals surface area contributed by atoms with Gasteiger partial charge in [-0.1, -0.05) is 37.9 Å². The summed E-state index contributed by atoms with van der Waals surface area (Å²) in [6.07, 6.45) is 0. The molecule has 0 N–H and O–H groups in total. The summed E-state index contributed by atoms with van der Waals surface area (Å²) in [5.41, 5.74) is 2.74. The van der Waals surface area contributed by atoms with Gasteiger partial charge in [0.2, 0.25) is 0 Å². The lowest BCUT2D eigenvalue weighted by Crippen LogP contribution is -1.69. The summed E-state index contributed by atoms with van der Waals surface area (Å²) < 4.78 is 2.68. The van der Waals surface area contributed by atoms with Crippen LogP contribution < -0.4 is 0 Å². The molecule has 1 aromatic carbocycles. The summed E-state index contributed by atoms with van der Waals surface area (Å²) in [5, 5.41) is 1.39. The SMILES string of the molecule is Cc1c(C)c(Br)p(-c2ccccc2)c1Br. The van der Waals surface area contributed by atoms with Crippen molar-refractivity contribution in [1.82, 2.24) is 0 Å². The molecule has 0 saturated heterocycles.